The molecule has 1 N–H and O–H groups in total. The van der Waals surface area contributed by atoms with E-state index >= 15 is 0 Å². The van der Waals surface area contributed by atoms with Gasteiger partial charge < -0.3 is 10.2 Å². The van der Waals surface area contributed by atoms with Gasteiger partial charge in [0.05, 0.1) is 0 Å². The topological polar surface area (TPSA) is 49.4 Å². The number of carbonyl (C=O) groups excluding carboxylic acids is 2. The Bertz CT molecular complexity index is 567. The number of rotatable bonds is 7. The number of piperidine rings is 1. The van der Waals surface area contributed by atoms with E-state index in [2.05, 4.69) is 44.3 Å². The van der Waals surface area contributed by atoms with Crippen molar-refractivity contribution in [3.8, 4) is 0 Å². The van der Waals surface area contributed by atoms with Crippen molar-refractivity contribution in [1.82, 2.24) is 4.90 Å². The van der Waals surface area contributed by atoms with Crippen molar-refractivity contribution < 1.29 is 9.59 Å². The molecular weight excluding hydrogens is 312 g/mol. The van der Waals surface area contributed by atoms with E-state index in [-0.39, 0.29) is 17.7 Å². The van der Waals surface area contributed by atoms with Crippen LogP contribution >= 0.6 is 0 Å². The third kappa shape index (κ3) is 5.07. The number of hydrogen-bond donors (Lipinski definition) is 1. The summed E-state index contributed by atoms with van der Waals surface area (Å²) in [6.07, 6.45) is 5.98. The highest BCUT2D eigenvalue weighted by Gasteiger charge is 2.27. The van der Waals surface area contributed by atoms with E-state index in [1.807, 2.05) is 4.90 Å². The minimum atomic E-state index is 0.00448. The van der Waals surface area contributed by atoms with Gasteiger partial charge in [-0.3, -0.25) is 9.59 Å². The molecule has 1 aromatic carbocycles. The van der Waals surface area contributed by atoms with Crippen molar-refractivity contribution in [3.05, 3.63) is 29.3 Å². The Balaban J connectivity index is 1.94. The van der Waals surface area contributed by atoms with Gasteiger partial charge in [-0.05, 0) is 43.2 Å². The lowest BCUT2D eigenvalue weighted by atomic mass is 9.94. The van der Waals surface area contributed by atoms with Gasteiger partial charge in [0.1, 0.15) is 0 Å². The van der Waals surface area contributed by atoms with Crippen LogP contribution in [0, 0.1) is 5.92 Å². The van der Waals surface area contributed by atoms with Crippen LogP contribution in [-0.2, 0) is 22.4 Å². The highest BCUT2D eigenvalue weighted by atomic mass is 16.2. The Morgan fingerprint density at radius 1 is 1.08 bits per heavy atom. The van der Waals surface area contributed by atoms with Crippen LogP contribution in [0.4, 0.5) is 5.69 Å². The molecule has 2 rings (SSSR count). The van der Waals surface area contributed by atoms with E-state index in [1.54, 1.807) is 0 Å². The number of benzene rings is 1. The van der Waals surface area contributed by atoms with Gasteiger partial charge in [-0.15, -0.1) is 0 Å². The largest absolute Gasteiger partial charge is 0.343 e. The number of unbranched alkanes of at least 4 members (excludes halogenated alkanes) is 1. The SMILES string of the molecule is CCCCC(=O)N1CCC(C(=O)Nc2c(CC)cccc2CC)CC1. The normalized spacial score (nSPS) is 15.2. The predicted octanol–water partition coefficient (Wildman–Crippen LogP) is 4.18. The van der Waals surface area contributed by atoms with Gasteiger partial charge >= 0.3 is 0 Å². The summed E-state index contributed by atoms with van der Waals surface area (Å²) in [7, 11) is 0. The average Bonchev–Trinajstić information content (AvgIpc) is 2.66. The number of likely N-dealkylation sites (tertiary alicyclic amines) is 1. The fourth-order valence-electron chi connectivity index (χ4n) is 3.51. The maximum atomic E-state index is 12.7. The molecule has 1 aromatic rings. The highest BCUT2D eigenvalue weighted by Crippen LogP contribution is 2.25. The smallest absolute Gasteiger partial charge is 0.227 e. The lowest BCUT2D eigenvalue weighted by Crippen LogP contribution is -2.41. The molecular formula is C21H32N2O2. The number of amides is 2. The summed E-state index contributed by atoms with van der Waals surface area (Å²) >= 11 is 0. The first-order chi connectivity index (χ1) is 12.1. The standard InChI is InChI=1S/C21H32N2O2/c1-4-7-11-19(24)23-14-12-18(13-15-23)21(25)22-20-16(5-2)9-8-10-17(20)6-3/h8-10,18H,4-7,11-15H2,1-3H3,(H,22,25). The summed E-state index contributed by atoms with van der Waals surface area (Å²) < 4.78 is 0. The van der Waals surface area contributed by atoms with Crippen LogP contribution in [0.1, 0.15) is 64.0 Å². The van der Waals surface area contributed by atoms with Crippen LogP contribution in [-0.4, -0.2) is 29.8 Å². The molecule has 1 saturated heterocycles. The van der Waals surface area contributed by atoms with Gasteiger partial charge in [-0.2, -0.15) is 0 Å². The summed E-state index contributed by atoms with van der Waals surface area (Å²) in [5.41, 5.74) is 3.39. The fourth-order valence-corrected chi connectivity index (χ4v) is 3.51. The number of carbonyl (C=O) groups is 2. The number of hydrogen-bond acceptors (Lipinski definition) is 2. The van der Waals surface area contributed by atoms with Crippen molar-refractivity contribution in [2.45, 2.75) is 65.7 Å². The summed E-state index contributed by atoms with van der Waals surface area (Å²) in [6, 6.07) is 6.24. The Morgan fingerprint density at radius 3 is 2.20 bits per heavy atom. The van der Waals surface area contributed by atoms with Gasteiger partial charge in [0.15, 0.2) is 0 Å². The molecule has 1 fully saturated rings. The zero-order valence-corrected chi connectivity index (χ0v) is 15.9. The minimum absolute atomic E-state index is 0.00448. The van der Waals surface area contributed by atoms with Crippen molar-refractivity contribution in [2.75, 3.05) is 18.4 Å². The van der Waals surface area contributed by atoms with E-state index in [1.165, 1.54) is 11.1 Å². The Labute approximate surface area is 152 Å². The lowest BCUT2D eigenvalue weighted by Gasteiger charge is -2.31. The molecule has 4 heteroatoms. The molecule has 138 valence electrons. The monoisotopic (exact) mass is 344 g/mol. The second-order valence-electron chi connectivity index (χ2n) is 6.91. The number of nitrogens with zero attached hydrogens (tertiary/aromatic N) is 1. The summed E-state index contributed by atoms with van der Waals surface area (Å²) in [4.78, 5) is 26.8. The third-order valence-electron chi connectivity index (χ3n) is 5.21. The molecule has 1 aliphatic rings. The molecule has 4 nitrogen and oxygen atoms in total. The van der Waals surface area contributed by atoms with Crippen LogP contribution in [0.25, 0.3) is 0 Å². The van der Waals surface area contributed by atoms with Gasteiger partial charge in [-0.1, -0.05) is 45.4 Å². The van der Waals surface area contributed by atoms with Gasteiger partial charge in [0.2, 0.25) is 11.8 Å². The molecule has 0 unspecified atom stereocenters. The van der Waals surface area contributed by atoms with E-state index < -0.39 is 0 Å². The molecule has 0 spiro atoms. The number of nitrogens with one attached hydrogen (secondary N) is 1. The van der Waals surface area contributed by atoms with Crippen LogP contribution in [0.5, 0.6) is 0 Å². The molecule has 0 radical (unpaired) electrons. The zero-order chi connectivity index (χ0) is 18.2. The highest BCUT2D eigenvalue weighted by molar-refractivity contribution is 5.94. The van der Waals surface area contributed by atoms with Gasteiger partial charge in [-0.25, -0.2) is 0 Å². The molecule has 0 bridgehead atoms. The number of aryl methyl sites for hydroxylation is 2. The molecule has 25 heavy (non-hydrogen) atoms. The van der Waals surface area contributed by atoms with Gasteiger partial charge in [0.25, 0.3) is 0 Å². The maximum absolute atomic E-state index is 12.7. The van der Waals surface area contributed by atoms with Crippen molar-refractivity contribution >= 4 is 17.5 Å². The first kappa shape index (κ1) is 19.5. The van der Waals surface area contributed by atoms with Crippen LogP contribution in [0.15, 0.2) is 18.2 Å². The maximum Gasteiger partial charge on any atom is 0.227 e. The number of anilines is 1. The second-order valence-corrected chi connectivity index (χ2v) is 6.91. The van der Waals surface area contributed by atoms with Crippen LogP contribution in [0.3, 0.4) is 0 Å². The van der Waals surface area contributed by atoms with Crippen molar-refractivity contribution in [3.63, 3.8) is 0 Å². The summed E-state index contributed by atoms with van der Waals surface area (Å²) in [5.74, 6) is 0.353. The van der Waals surface area contributed by atoms with E-state index in [9.17, 15) is 9.59 Å². The quantitative estimate of drug-likeness (QED) is 0.807. The Morgan fingerprint density at radius 2 is 1.68 bits per heavy atom. The predicted molar refractivity (Wildman–Crippen MR) is 103 cm³/mol. The van der Waals surface area contributed by atoms with E-state index in [0.29, 0.717) is 19.5 Å². The molecule has 1 heterocycles. The second kappa shape index (κ2) is 9.59. The molecule has 1 aliphatic heterocycles. The third-order valence-corrected chi connectivity index (χ3v) is 5.21. The molecule has 0 atom stereocenters. The summed E-state index contributed by atoms with van der Waals surface area (Å²) in [5, 5.41) is 3.19. The minimum Gasteiger partial charge on any atom is -0.343 e. The summed E-state index contributed by atoms with van der Waals surface area (Å²) in [6.45, 7) is 7.74. The molecule has 2 amide bonds. The zero-order valence-electron chi connectivity index (χ0n) is 15.9. The van der Waals surface area contributed by atoms with Crippen molar-refractivity contribution in [2.24, 2.45) is 5.92 Å². The van der Waals surface area contributed by atoms with Crippen LogP contribution < -0.4 is 5.32 Å². The fraction of sp³-hybridized carbons (Fsp3) is 0.619. The lowest BCUT2D eigenvalue weighted by molar-refractivity contribution is -0.134. The molecule has 0 saturated carbocycles. The average molecular weight is 344 g/mol. The Kier molecular flexibility index (Phi) is 7.48. The van der Waals surface area contributed by atoms with E-state index in [4.69, 9.17) is 0 Å². The first-order valence-corrected chi connectivity index (χ1v) is 9.80. The molecule has 0 aromatic heterocycles. The van der Waals surface area contributed by atoms with Gasteiger partial charge in [0, 0.05) is 31.1 Å². The van der Waals surface area contributed by atoms with Crippen molar-refractivity contribution in [1.29, 1.82) is 0 Å². The molecule has 0 aliphatic carbocycles. The Hall–Kier alpha value is -1.84. The first-order valence-electron chi connectivity index (χ1n) is 9.80. The van der Waals surface area contributed by atoms with E-state index in [0.717, 1.165) is 44.2 Å². The number of para-hydroxylation sites is 1. The van der Waals surface area contributed by atoms with Crippen LogP contribution in [0.2, 0.25) is 0 Å².